The molecule has 5 nitrogen and oxygen atoms in total. The Kier molecular flexibility index (Phi) is 7.16. The van der Waals surface area contributed by atoms with Gasteiger partial charge in [-0.1, -0.05) is 140 Å². The number of para-hydroxylation sites is 1. The van der Waals surface area contributed by atoms with Gasteiger partial charge < -0.3 is 8.83 Å². The Labute approximate surface area is 332 Å². The lowest BCUT2D eigenvalue weighted by Crippen LogP contribution is -2.00. The number of rotatable bonds is 5. The summed E-state index contributed by atoms with van der Waals surface area (Å²) in [5.74, 6) is 1.75. The molecule has 3 heterocycles. The van der Waals surface area contributed by atoms with E-state index in [0.29, 0.717) is 17.5 Å². The maximum Gasteiger partial charge on any atom is 0.164 e. The number of hydrogen-bond donors (Lipinski definition) is 0. The van der Waals surface area contributed by atoms with Crippen LogP contribution >= 0.6 is 0 Å². The summed E-state index contributed by atoms with van der Waals surface area (Å²) in [5.41, 5.74) is 10.5. The van der Waals surface area contributed by atoms with Crippen molar-refractivity contribution in [1.29, 1.82) is 0 Å². The predicted octanol–water partition coefficient (Wildman–Crippen LogP) is 14.3. The molecule has 0 bridgehead atoms. The largest absolute Gasteiger partial charge is 0.456 e. The number of furan rings is 2. The molecule has 12 rings (SSSR count). The van der Waals surface area contributed by atoms with E-state index in [-0.39, 0.29) is 0 Å². The van der Waals surface area contributed by atoms with Crippen LogP contribution in [0.1, 0.15) is 0 Å². The van der Waals surface area contributed by atoms with Gasteiger partial charge in [-0.25, -0.2) is 15.0 Å². The summed E-state index contributed by atoms with van der Waals surface area (Å²) in [7, 11) is 0. The van der Waals surface area contributed by atoms with Crippen LogP contribution in [0.4, 0.5) is 0 Å². The molecule has 270 valence electrons. The van der Waals surface area contributed by atoms with Crippen molar-refractivity contribution < 1.29 is 8.83 Å². The third kappa shape index (κ3) is 5.36. The molecule has 58 heavy (non-hydrogen) atoms. The molecular weight excluding hydrogens is 711 g/mol. The van der Waals surface area contributed by atoms with E-state index in [1.165, 1.54) is 10.8 Å². The summed E-state index contributed by atoms with van der Waals surface area (Å²) in [4.78, 5) is 15.6. The normalized spacial score (nSPS) is 11.8. The molecule has 0 amide bonds. The summed E-state index contributed by atoms with van der Waals surface area (Å²) in [5, 5.41) is 8.79. The van der Waals surface area contributed by atoms with Crippen molar-refractivity contribution in [3.63, 3.8) is 0 Å². The van der Waals surface area contributed by atoms with E-state index in [9.17, 15) is 0 Å². The van der Waals surface area contributed by atoms with E-state index in [1.807, 2.05) is 36.4 Å². The molecule has 0 fully saturated rings. The van der Waals surface area contributed by atoms with Gasteiger partial charge in [0.25, 0.3) is 0 Å². The predicted molar refractivity (Wildman–Crippen MR) is 237 cm³/mol. The average molecular weight is 742 g/mol. The Morgan fingerprint density at radius 2 is 0.862 bits per heavy atom. The molecule has 0 aliphatic heterocycles. The SMILES string of the molecule is c1ccc(-c2ccc3c(c2)oc2cccc(-c4nc(-c5ccc(-c6ccc7ccccc7c6)cc5)nc(-c5ccc6cc7c(cc6c5)oc5ccccc57)n4)c23)cc1. The maximum atomic E-state index is 6.51. The van der Waals surface area contributed by atoms with Gasteiger partial charge in [0.15, 0.2) is 17.5 Å². The van der Waals surface area contributed by atoms with Crippen molar-refractivity contribution in [3.05, 3.63) is 188 Å². The molecule has 0 unspecified atom stereocenters. The first kappa shape index (κ1) is 32.4. The molecular formula is C53H31N3O2. The average Bonchev–Trinajstić information content (AvgIpc) is 3.85. The summed E-state index contributed by atoms with van der Waals surface area (Å²) < 4.78 is 12.8. The second kappa shape index (κ2) is 12.8. The molecule has 0 radical (unpaired) electrons. The van der Waals surface area contributed by atoms with E-state index in [4.69, 9.17) is 23.8 Å². The van der Waals surface area contributed by atoms with Crippen molar-refractivity contribution in [3.8, 4) is 56.4 Å². The minimum Gasteiger partial charge on any atom is -0.456 e. The molecule has 12 aromatic rings. The maximum absolute atomic E-state index is 6.51. The monoisotopic (exact) mass is 741 g/mol. The highest BCUT2D eigenvalue weighted by atomic mass is 16.3. The van der Waals surface area contributed by atoms with Crippen LogP contribution in [-0.4, -0.2) is 15.0 Å². The van der Waals surface area contributed by atoms with Crippen molar-refractivity contribution in [2.45, 2.75) is 0 Å². The van der Waals surface area contributed by atoms with Gasteiger partial charge >= 0.3 is 0 Å². The number of aromatic nitrogens is 3. The Hall–Kier alpha value is -7.89. The zero-order valence-corrected chi connectivity index (χ0v) is 31.1. The summed E-state index contributed by atoms with van der Waals surface area (Å²) in [6, 6.07) is 65.3. The molecule has 0 spiro atoms. The second-order valence-electron chi connectivity index (χ2n) is 14.8. The van der Waals surface area contributed by atoms with Gasteiger partial charge in [-0.15, -0.1) is 0 Å². The van der Waals surface area contributed by atoms with E-state index in [0.717, 1.165) is 93.6 Å². The Morgan fingerprint density at radius 1 is 0.276 bits per heavy atom. The van der Waals surface area contributed by atoms with E-state index in [2.05, 4.69) is 152 Å². The van der Waals surface area contributed by atoms with Crippen molar-refractivity contribution >= 4 is 65.4 Å². The zero-order chi connectivity index (χ0) is 38.2. The number of nitrogens with zero attached hydrogens (tertiary/aromatic N) is 3. The number of hydrogen-bond acceptors (Lipinski definition) is 5. The van der Waals surface area contributed by atoms with Crippen LogP contribution in [0.15, 0.2) is 197 Å². The van der Waals surface area contributed by atoms with Crippen molar-refractivity contribution in [1.82, 2.24) is 15.0 Å². The first-order valence-corrected chi connectivity index (χ1v) is 19.4. The van der Waals surface area contributed by atoms with Gasteiger partial charge in [0, 0.05) is 38.2 Å². The minimum absolute atomic E-state index is 0.576. The lowest BCUT2D eigenvalue weighted by molar-refractivity contribution is 0.669. The van der Waals surface area contributed by atoms with Gasteiger partial charge in [-0.2, -0.15) is 0 Å². The highest BCUT2D eigenvalue weighted by molar-refractivity contribution is 6.13. The third-order valence-corrected chi connectivity index (χ3v) is 11.3. The molecule has 3 aromatic heterocycles. The van der Waals surface area contributed by atoms with E-state index < -0.39 is 0 Å². The molecule has 0 N–H and O–H groups in total. The molecule has 0 aliphatic rings. The second-order valence-corrected chi connectivity index (χ2v) is 14.8. The van der Waals surface area contributed by atoms with Crippen molar-refractivity contribution in [2.24, 2.45) is 0 Å². The lowest BCUT2D eigenvalue weighted by atomic mass is 10.00. The zero-order valence-electron chi connectivity index (χ0n) is 31.1. The van der Waals surface area contributed by atoms with Crippen LogP contribution < -0.4 is 0 Å². The van der Waals surface area contributed by atoms with Crippen molar-refractivity contribution in [2.75, 3.05) is 0 Å². The molecule has 0 saturated carbocycles. The van der Waals surface area contributed by atoms with Crippen LogP contribution in [0.2, 0.25) is 0 Å². The fourth-order valence-corrected chi connectivity index (χ4v) is 8.36. The van der Waals surface area contributed by atoms with Crippen LogP contribution in [-0.2, 0) is 0 Å². The number of benzene rings is 9. The first-order valence-electron chi connectivity index (χ1n) is 19.4. The van der Waals surface area contributed by atoms with E-state index >= 15 is 0 Å². The minimum atomic E-state index is 0.576. The van der Waals surface area contributed by atoms with Crippen LogP contribution in [0.5, 0.6) is 0 Å². The Balaban J connectivity index is 1.02. The van der Waals surface area contributed by atoms with Gasteiger partial charge in [0.2, 0.25) is 0 Å². The molecule has 0 saturated heterocycles. The van der Waals surface area contributed by atoms with Gasteiger partial charge in [0.1, 0.15) is 22.3 Å². The lowest BCUT2D eigenvalue weighted by Gasteiger charge is -2.11. The highest BCUT2D eigenvalue weighted by Crippen LogP contribution is 2.39. The Bertz CT molecular complexity index is 3570. The van der Waals surface area contributed by atoms with E-state index in [1.54, 1.807) is 0 Å². The van der Waals surface area contributed by atoms with Gasteiger partial charge in [-0.05, 0) is 92.3 Å². The highest BCUT2D eigenvalue weighted by Gasteiger charge is 2.19. The summed E-state index contributed by atoms with van der Waals surface area (Å²) >= 11 is 0. The molecule has 0 atom stereocenters. The Morgan fingerprint density at radius 3 is 1.76 bits per heavy atom. The molecule has 9 aromatic carbocycles. The topological polar surface area (TPSA) is 65.0 Å². The van der Waals surface area contributed by atoms with Gasteiger partial charge in [-0.3, -0.25) is 0 Å². The van der Waals surface area contributed by atoms with Crippen LogP contribution in [0, 0.1) is 0 Å². The smallest absolute Gasteiger partial charge is 0.164 e. The first-order chi connectivity index (χ1) is 28.7. The third-order valence-electron chi connectivity index (χ3n) is 11.3. The molecule has 5 heteroatoms. The van der Waals surface area contributed by atoms with Crippen LogP contribution in [0.3, 0.4) is 0 Å². The number of fused-ring (bicyclic) bond motifs is 8. The fourth-order valence-electron chi connectivity index (χ4n) is 8.36. The van der Waals surface area contributed by atoms with Gasteiger partial charge in [0.05, 0.1) is 0 Å². The summed E-state index contributed by atoms with van der Waals surface area (Å²) in [6.07, 6.45) is 0. The quantitative estimate of drug-likeness (QED) is 0.176. The molecule has 0 aliphatic carbocycles. The van der Waals surface area contributed by atoms with Crippen LogP contribution in [0.25, 0.3) is 122 Å². The fraction of sp³-hybridized carbons (Fsp3) is 0. The standard InChI is InChI=1S/C53H31N3O2/c1-2-9-32(10-3-1)39-25-26-43-48(30-39)58-47-16-8-14-44(50(43)47)53-55-51(35-20-17-34(18-21-35)37-22-19-33-11-4-5-12-36(33)27-37)54-52(56-53)40-24-23-38-29-45-42-13-6-7-15-46(42)57-49(45)31-41(38)28-40/h1-31H. The summed E-state index contributed by atoms with van der Waals surface area (Å²) in [6.45, 7) is 0.